The normalized spacial score (nSPS) is 15.1. The maximum Gasteiger partial charge on any atom is 0.255 e. The number of benzene rings is 2. The molecule has 0 aliphatic carbocycles. The van der Waals surface area contributed by atoms with Gasteiger partial charge < -0.3 is 19.7 Å². The Hall–Kier alpha value is -3.02. The van der Waals surface area contributed by atoms with Crippen molar-refractivity contribution >= 4 is 23.2 Å². The van der Waals surface area contributed by atoms with Gasteiger partial charge in [-0.2, -0.15) is 0 Å². The van der Waals surface area contributed by atoms with Gasteiger partial charge in [-0.25, -0.2) is 0 Å². The van der Waals surface area contributed by atoms with Gasteiger partial charge in [0.15, 0.2) is 0 Å². The average Bonchev–Trinajstić information content (AvgIpc) is 2.84. The van der Waals surface area contributed by atoms with Crippen LogP contribution in [0.1, 0.15) is 57.8 Å². The van der Waals surface area contributed by atoms with Crippen LogP contribution in [0, 0.1) is 11.3 Å². The van der Waals surface area contributed by atoms with E-state index >= 15 is 0 Å². The van der Waals surface area contributed by atoms with Crippen LogP contribution in [0.5, 0.6) is 11.5 Å². The smallest absolute Gasteiger partial charge is 0.255 e. The summed E-state index contributed by atoms with van der Waals surface area (Å²) < 4.78 is 11.6. The fourth-order valence-corrected chi connectivity index (χ4v) is 3.51. The number of carbonyl (C=O) groups excluding carboxylic acids is 2. The van der Waals surface area contributed by atoms with Gasteiger partial charge in [-0.15, -0.1) is 0 Å². The van der Waals surface area contributed by atoms with Crippen LogP contribution in [0.2, 0.25) is 0 Å². The summed E-state index contributed by atoms with van der Waals surface area (Å²) in [6.45, 7) is 11.6. The van der Waals surface area contributed by atoms with Crippen molar-refractivity contribution in [2.24, 2.45) is 11.3 Å². The second kappa shape index (κ2) is 10.1. The molecule has 172 valence electrons. The van der Waals surface area contributed by atoms with E-state index in [4.69, 9.17) is 9.47 Å². The highest BCUT2D eigenvalue weighted by Crippen LogP contribution is 2.38. The predicted octanol–water partition coefficient (Wildman–Crippen LogP) is 5.53. The molecule has 6 heteroatoms. The zero-order valence-corrected chi connectivity index (χ0v) is 19.7. The topological polar surface area (TPSA) is 67.9 Å². The van der Waals surface area contributed by atoms with Crippen molar-refractivity contribution in [2.45, 2.75) is 47.5 Å². The minimum Gasteiger partial charge on any atom is -0.494 e. The summed E-state index contributed by atoms with van der Waals surface area (Å²) >= 11 is 0. The fraction of sp³-hybridized carbons (Fsp3) is 0.462. The van der Waals surface area contributed by atoms with Gasteiger partial charge in [0, 0.05) is 17.8 Å². The van der Waals surface area contributed by atoms with Crippen molar-refractivity contribution in [3.63, 3.8) is 0 Å². The summed E-state index contributed by atoms with van der Waals surface area (Å²) in [6, 6.07) is 12.5. The lowest BCUT2D eigenvalue weighted by molar-refractivity contribution is -0.127. The number of amides is 2. The monoisotopic (exact) mass is 438 g/mol. The number of nitrogens with zero attached hydrogens (tertiary/aromatic N) is 1. The van der Waals surface area contributed by atoms with Gasteiger partial charge in [-0.05, 0) is 68.7 Å². The quantitative estimate of drug-likeness (QED) is 0.551. The molecule has 0 saturated heterocycles. The van der Waals surface area contributed by atoms with E-state index in [9.17, 15) is 9.59 Å². The Morgan fingerprint density at radius 3 is 2.56 bits per heavy atom. The molecule has 1 aliphatic heterocycles. The molecule has 6 nitrogen and oxygen atoms in total. The van der Waals surface area contributed by atoms with Gasteiger partial charge in [0.25, 0.3) is 5.91 Å². The van der Waals surface area contributed by atoms with Crippen molar-refractivity contribution < 1.29 is 19.1 Å². The van der Waals surface area contributed by atoms with Crippen LogP contribution in [-0.4, -0.2) is 31.6 Å². The molecule has 1 N–H and O–H groups in total. The number of fused-ring (bicyclic) bond motifs is 1. The third-order valence-corrected chi connectivity index (χ3v) is 5.35. The average molecular weight is 439 g/mol. The maximum atomic E-state index is 13.2. The number of hydrogen-bond donors (Lipinski definition) is 1. The first kappa shape index (κ1) is 23.6. The third-order valence-electron chi connectivity index (χ3n) is 5.35. The van der Waals surface area contributed by atoms with Gasteiger partial charge in [0.2, 0.25) is 5.91 Å². The van der Waals surface area contributed by atoms with Crippen molar-refractivity contribution in [3.05, 3.63) is 48.0 Å². The zero-order chi connectivity index (χ0) is 23.3. The Bertz CT molecular complexity index is 951. The van der Waals surface area contributed by atoms with Crippen LogP contribution >= 0.6 is 0 Å². The molecular formula is C26H34N2O4. The highest BCUT2D eigenvalue weighted by molar-refractivity contribution is 6.05. The summed E-state index contributed by atoms with van der Waals surface area (Å²) in [7, 11) is 0. The van der Waals surface area contributed by atoms with Crippen molar-refractivity contribution in [3.8, 4) is 11.5 Å². The van der Waals surface area contributed by atoms with Gasteiger partial charge in [0.1, 0.15) is 18.1 Å². The predicted molar refractivity (Wildman–Crippen MR) is 128 cm³/mol. The Labute approximate surface area is 190 Å². The molecule has 3 rings (SSSR count). The van der Waals surface area contributed by atoms with Crippen LogP contribution in [-0.2, 0) is 4.79 Å². The van der Waals surface area contributed by atoms with E-state index in [2.05, 4.69) is 26.1 Å². The van der Waals surface area contributed by atoms with Crippen LogP contribution in [0.4, 0.5) is 11.4 Å². The van der Waals surface area contributed by atoms with E-state index in [1.807, 2.05) is 26.0 Å². The number of carbonyl (C=O) groups is 2. The Morgan fingerprint density at radius 2 is 1.91 bits per heavy atom. The molecule has 0 unspecified atom stereocenters. The minimum absolute atomic E-state index is 0.0205. The lowest BCUT2D eigenvalue weighted by Gasteiger charge is -2.29. The van der Waals surface area contributed by atoms with Gasteiger partial charge in [-0.1, -0.05) is 27.2 Å². The molecule has 0 bridgehead atoms. The molecule has 2 aromatic rings. The summed E-state index contributed by atoms with van der Waals surface area (Å²) in [6.07, 6.45) is 2.07. The Balaban J connectivity index is 1.79. The molecule has 0 fully saturated rings. The lowest BCUT2D eigenvalue weighted by atomic mass is 9.92. The highest BCUT2D eigenvalue weighted by atomic mass is 16.5. The van der Waals surface area contributed by atoms with Crippen molar-refractivity contribution in [1.29, 1.82) is 0 Å². The molecular weight excluding hydrogens is 404 g/mol. The van der Waals surface area contributed by atoms with Crippen LogP contribution in [0.25, 0.3) is 0 Å². The second-order valence-corrected chi connectivity index (χ2v) is 9.35. The van der Waals surface area contributed by atoms with Crippen LogP contribution in [0.3, 0.4) is 0 Å². The molecule has 32 heavy (non-hydrogen) atoms. The largest absolute Gasteiger partial charge is 0.494 e. The van der Waals surface area contributed by atoms with E-state index in [-0.39, 0.29) is 17.7 Å². The number of unbranched alkanes of at least 4 members (excludes halogenated alkanes) is 1. The number of nitrogens with one attached hydrogen (secondary N) is 1. The van der Waals surface area contributed by atoms with Crippen LogP contribution < -0.4 is 19.7 Å². The number of anilines is 2. The fourth-order valence-electron chi connectivity index (χ4n) is 3.51. The van der Waals surface area contributed by atoms with Gasteiger partial charge in [-0.3, -0.25) is 9.59 Å². The molecule has 0 saturated carbocycles. The van der Waals surface area contributed by atoms with E-state index < -0.39 is 5.41 Å². The van der Waals surface area contributed by atoms with Crippen molar-refractivity contribution in [1.82, 2.24) is 0 Å². The lowest BCUT2D eigenvalue weighted by Crippen LogP contribution is -2.43. The van der Waals surface area contributed by atoms with E-state index in [1.54, 1.807) is 35.2 Å². The Morgan fingerprint density at radius 1 is 1.19 bits per heavy atom. The van der Waals surface area contributed by atoms with Crippen LogP contribution in [0.15, 0.2) is 42.5 Å². The molecule has 1 heterocycles. The summed E-state index contributed by atoms with van der Waals surface area (Å²) in [4.78, 5) is 27.8. The number of rotatable bonds is 8. The molecule has 1 aliphatic rings. The van der Waals surface area contributed by atoms with Gasteiger partial charge >= 0.3 is 0 Å². The molecule has 0 spiro atoms. The molecule has 2 aromatic carbocycles. The summed E-state index contributed by atoms with van der Waals surface area (Å²) in [5.41, 5.74) is 1.21. The second-order valence-electron chi connectivity index (χ2n) is 9.35. The summed E-state index contributed by atoms with van der Waals surface area (Å²) in [5, 5.41) is 2.94. The first-order chi connectivity index (χ1) is 15.2. The van der Waals surface area contributed by atoms with E-state index in [0.717, 1.165) is 18.6 Å². The highest BCUT2D eigenvalue weighted by Gasteiger charge is 2.38. The Kier molecular flexibility index (Phi) is 7.44. The molecule has 2 amide bonds. The van der Waals surface area contributed by atoms with E-state index in [1.165, 1.54) is 0 Å². The third kappa shape index (κ3) is 5.61. The first-order valence-corrected chi connectivity index (χ1v) is 11.3. The maximum absolute atomic E-state index is 13.2. The standard InChI is InChI=1S/C26H34N2O4/c1-6-7-14-31-21-11-8-19(9-12-21)24(29)27-20-10-13-23-22(15-20)28(16-18(2)3)25(30)26(4,5)17-32-23/h8-13,15,18H,6-7,14,16-17H2,1-5H3,(H,27,29). The van der Waals surface area contributed by atoms with Gasteiger partial charge in [0.05, 0.1) is 17.7 Å². The summed E-state index contributed by atoms with van der Waals surface area (Å²) in [5.74, 6) is 1.49. The molecule has 0 atom stereocenters. The number of hydrogen-bond acceptors (Lipinski definition) is 4. The van der Waals surface area contributed by atoms with Crippen molar-refractivity contribution in [2.75, 3.05) is 30.0 Å². The SMILES string of the molecule is CCCCOc1ccc(C(=O)Nc2ccc3c(c2)N(CC(C)C)C(=O)C(C)(C)CO3)cc1. The number of ether oxygens (including phenoxy) is 2. The molecule has 0 aromatic heterocycles. The first-order valence-electron chi connectivity index (χ1n) is 11.3. The van der Waals surface area contributed by atoms with E-state index in [0.29, 0.717) is 42.4 Å². The zero-order valence-electron chi connectivity index (χ0n) is 19.7. The minimum atomic E-state index is -0.627. The molecule has 0 radical (unpaired) electrons.